The lowest BCUT2D eigenvalue weighted by molar-refractivity contribution is 0.278. The lowest BCUT2D eigenvalue weighted by Gasteiger charge is -2.14. The summed E-state index contributed by atoms with van der Waals surface area (Å²) in [6, 6.07) is 4.72. The molecular formula is C17H30N2O. The van der Waals surface area contributed by atoms with Crippen LogP contribution in [0.25, 0.3) is 0 Å². The average molecular weight is 278 g/mol. The molecule has 20 heavy (non-hydrogen) atoms. The quantitative estimate of drug-likeness (QED) is 0.776. The van der Waals surface area contributed by atoms with Gasteiger partial charge in [-0.15, -0.1) is 0 Å². The molecule has 1 N–H and O–H groups in total. The van der Waals surface area contributed by atoms with E-state index in [9.17, 15) is 0 Å². The Morgan fingerprint density at radius 1 is 1.10 bits per heavy atom. The first-order valence-corrected chi connectivity index (χ1v) is 7.75. The van der Waals surface area contributed by atoms with Gasteiger partial charge < -0.3 is 10.1 Å². The third-order valence-corrected chi connectivity index (χ3v) is 3.13. The molecule has 0 saturated heterocycles. The second kappa shape index (κ2) is 8.25. The van der Waals surface area contributed by atoms with Crippen LogP contribution < -0.4 is 10.1 Å². The minimum atomic E-state index is 0.418. The molecule has 0 fully saturated rings. The van der Waals surface area contributed by atoms with E-state index in [1.165, 1.54) is 5.56 Å². The molecule has 0 aromatic carbocycles. The zero-order chi connectivity index (χ0) is 15.1. The van der Waals surface area contributed by atoms with E-state index in [2.05, 4.69) is 64.0 Å². The number of nitrogens with zero attached hydrogens (tertiary/aromatic N) is 1. The maximum Gasteiger partial charge on any atom is 0.213 e. The minimum Gasteiger partial charge on any atom is -0.478 e. The first kappa shape index (κ1) is 17.0. The molecule has 0 aliphatic carbocycles. The van der Waals surface area contributed by atoms with E-state index in [0.717, 1.165) is 31.1 Å². The normalized spacial score (nSPS) is 11.7. The summed E-state index contributed by atoms with van der Waals surface area (Å²) in [5.41, 5.74) is 2.35. The smallest absolute Gasteiger partial charge is 0.213 e. The summed E-state index contributed by atoms with van der Waals surface area (Å²) in [6.07, 6.45) is 1.06. The van der Waals surface area contributed by atoms with E-state index in [4.69, 9.17) is 4.74 Å². The Morgan fingerprint density at radius 2 is 1.80 bits per heavy atom. The van der Waals surface area contributed by atoms with Crippen LogP contribution >= 0.6 is 0 Å². The number of aromatic nitrogens is 1. The van der Waals surface area contributed by atoms with Gasteiger partial charge in [0, 0.05) is 24.3 Å². The highest BCUT2D eigenvalue weighted by atomic mass is 16.5. The van der Waals surface area contributed by atoms with Gasteiger partial charge in [-0.1, -0.05) is 41.5 Å². The van der Waals surface area contributed by atoms with Crippen LogP contribution in [0.15, 0.2) is 12.1 Å². The van der Waals surface area contributed by atoms with Crippen molar-refractivity contribution < 1.29 is 4.74 Å². The van der Waals surface area contributed by atoms with Crippen LogP contribution in [-0.2, 0) is 6.54 Å². The summed E-state index contributed by atoms with van der Waals surface area (Å²) < 4.78 is 5.82. The Hall–Kier alpha value is -1.09. The maximum absolute atomic E-state index is 5.82. The van der Waals surface area contributed by atoms with Crippen molar-refractivity contribution in [2.45, 2.75) is 66.5 Å². The van der Waals surface area contributed by atoms with Crippen LogP contribution in [-0.4, -0.2) is 17.6 Å². The summed E-state index contributed by atoms with van der Waals surface area (Å²) in [5.74, 6) is 1.84. The Morgan fingerprint density at radius 3 is 2.35 bits per heavy atom. The largest absolute Gasteiger partial charge is 0.478 e. The molecule has 0 aliphatic heterocycles. The summed E-state index contributed by atoms with van der Waals surface area (Å²) in [7, 11) is 0. The molecule has 0 radical (unpaired) electrons. The van der Waals surface area contributed by atoms with Gasteiger partial charge in [0.05, 0.1) is 6.61 Å². The fourth-order valence-corrected chi connectivity index (χ4v) is 1.77. The van der Waals surface area contributed by atoms with Crippen LogP contribution in [0.4, 0.5) is 0 Å². The van der Waals surface area contributed by atoms with Gasteiger partial charge in [0.15, 0.2) is 0 Å². The standard InChI is InChI=1S/C17H30N2O/c1-12(2)7-8-20-17-10-15(11-18-14(5)6)9-16(19-17)13(3)4/h9-10,12-14,18H,7-8,11H2,1-6H3. The molecule has 0 amide bonds. The summed E-state index contributed by atoms with van der Waals surface area (Å²) >= 11 is 0. The molecule has 0 unspecified atom stereocenters. The van der Waals surface area contributed by atoms with Gasteiger partial charge in [0.2, 0.25) is 5.88 Å². The zero-order valence-electron chi connectivity index (χ0n) is 13.9. The van der Waals surface area contributed by atoms with E-state index in [1.807, 2.05) is 0 Å². The monoisotopic (exact) mass is 278 g/mol. The number of ether oxygens (including phenoxy) is 1. The Kier molecular flexibility index (Phi) is 7.00. The van der Waals surface area contributed by atoms with Crippen molar-refractivity contribution in [3.63, 3.8) is 0 Å². The average Bonchev–Trinajstić information content (AvgIpc) is 2.35. The van der Waals surface area contributed by atoms with Crippen LogP contribution in [0.5, 0.6) is 5.88 Å². The van der Waals surface area contributed by atoms with Gasteiger partial charge in [-0.25, -0.2) is 4.98 Å². The Labute approximate surface area is 124 Å². The molecule has 1 aromatic heterocycles. The van der Waals surface area contributed by atoms with Crippen molar-refractivity contribution in [2.75, 3.05) is 6.61 Å². The predicted molar refractivity (Wildman–Crippen MR) is 85.3 cm³/mol. The van der Waals surface area contributed by atoms with Crippen LogP contribution in [0.2, 0.25) is 0 Å². The summed E-state index contributed by atoms with van der Waals surface area (Å²) in [5, 5.41) is 3.45. The second-order valence-electron chi connectivity index (χ2n) is 6.46. The minimum absolute atomic E-state index is 0.418. The lowest BCUT2D eigenvalue weighted by Crippen LogP contribution is -2.22. The van der Waals surface area contributed by atoms with Gasteiger partial charge in [-0.3, -0.25) is 0 Å². The van der Waals surface area contributed by atoms with Crippen molar-refractivity contribution in [3.8, 4) is 5.88 Å². The molecule has 0 atom stereocenters. The maximum atomic E-state index is 5.82. The van der Waals surface area contributed by atoms with Gasteiger partial charge in [-0.2, -0.15) is 0 Å². The van der Waals surface area contributed by atoms with E-state index in [1.54, 1.807) is 0 Å². The molecular weight excluding hydrogens is 248 g/mol. The number of nitrogens with one attached hydrogen (secondary N) is 1. The molecule has 3 heteroatoms. The molecule has 3 nitrogen and oxygen atoms in total. The summed E-state index contributed by atoms with van der Waals surface area (Å²) in [6.45, 7) is 14.7. The Balaban J connectivity index is 2.76. The van der Waals surface area contributed by atoms with E-state index in [-0.39, 0.29) is 0 Å². The number of hydrogen-bond donors (Lipinski definition) is 1. The zero-order valence-corrected chi connectivity index (χ0v) is 13.9. The number of pyridine rings is 1. The number of hydrogen-bond acceptors (Lipinski definition) is 3. The first-order chi connectivity index (χ1) is 9.38. The van der Waals surface area contributed by atoms with Crippen molar-refractivity contribution >= 4 is 0 Å². The third-order valence-electron chi connectivity index (χ3n) is 3.13. The number of rotatable bonds is 8. The Bertz CT molecular complexity index is 400. The molecule has 0 aliphatic rings. The molecule has 1 rings (SSSR count). The van der Waals surface area contributed by atoms with Gasteiger partial charge in [0.25, 0.3) is 0 Å². The SMILES string of the molecule is CC(C)CCOc1cc(CNC(C)C)cc(C(C)C)n1. The van der Waals surface area contributed by atoms with E-state index in [0.29, 0.717) is 17.9 Å². The van der Waals surface area contributed by atoms with Gasteiger partial charge in [-0.05, 0) is 29.9 Å². The molecule has 1 aromatic rings. The van der Waals surface area contributed by atoms with Crippen molar-refractivity contribution in [1.29, 1.82) is 0 Å². The molecule has 0 bridgehead atoms. The van der Waals surface area contributed by atoms with Crippen LogP contribution in [0.1, 0.15) is 65.1 Å². The van der Waals surface area contributed by atoms with E-state index < -0.39 is 0 Å². The lowest BCUT2D eigenvalue weighted by atomic mass is 10.1. The fraction of sp³-hybridized carbons (Fsp3) is 0.706. The molecule has 0 spiro atoms. The highest BCUT2D eigenvalue weighted by Gasteiger charge is 2.08. The topological polar surface area (TPSA) is 34.1 Å². The van der Waals surface area contributed by atoms with Crippen molar-refractivity contribution in [2.24, 2.45) is 5.92 Å². The van der Waals surface area contributed by atoms with Gasteiger partial charge >= 0.3 is 0 Å². The first-order valence-electron chi connectivity index (χ1n) is 7.75. The van der Waals surface area contributed by atoms with Gasteiger partial charge in [0.1, 0.15) is 0 Å². The van der Waals surface area contributed by atoms with E-state index >= 15 is 0 Å². The van der Waals surface area contributed by atoms with Crippen molar-refractivity contribution in [3.05, 3.63) is 23.4 Å². The molecule has 114 valence electrons. The predicted octanol–water partition coefficient (Wildman–Crippen LogP) is 4.13. The highest BCUT2D eigenvalue weighted by Crippen LogP contribution is 2.19. The van der Waals surface area contributed by atoms with Crippen LogP contribution in [0.3, 0.4) is 0 Å². The second-order valence-corrected chi connectivity index (χ2v) is 6.46. The third kappa shape index (κ3) is 6.38. The van der Waals surface area contributed by atoms with Crippen molar-refractivity contribution in [1.82, 2.24) is 10.3 Å². The molecule has 1 heterocycles. The fourth-order valence-electron chi connectivity index (χ4n) is 1.77. The summed E-state index contributed by atoms with van der Waals surface area (Å²) in [4.78, 5) is 4.61. The van der Waals surface area contributed by atoms with Crippen LogP contribution in [0, 0.1) is 5.92 Å². The molecule has 0 saturated carbocycles. The highest BCUT2D eigenvalue weighted by molar-refractivity contribution is 5.26.